The van der Waals surface area contributed by atoms with Crippen LogP contribution < -0.4 is 15.2 Å². The summed E-state index contributed by atoms with van der Waals surface area (Å²) in [6.07, 6.45) is 12.8. The van der Waals surface area contributed by atoms with E-state index in [1.807, 2.05) is 18.2 Å². The molecule has 28 heavy (non-hydrogen) atoms. The summed E-state index contributed by atoms with van der Waals surface area (Å²) in [7, 11) is -2.11. The molecule has 0 saturated heterocycles. The Kier molecular flexibility index (Phi) is 10.8. The van der Waals surface area contributed by atoms with Crippen LogP contribution in [0.5, 0.6) is 11.5 Å². The standard InChI is InChI=1S/C22H36NO4P/c1-2-3-4-5-6-7-8-14-26-21-12-9-18(16-19(23)13-15-28(24)25)17-22(21)27-20-10-11-20/h9,12,17,19-20H,2-8,10-11,13-16,23H2,1H3/p+1. The fourth-order valence-electron chi connectivity index (χ4n) is 3.18. The molecule has 1 saturated carbocycles. The van der Waals surface area contributed by atoms with Gasteiger partial charge in [-0.05, 0) is 47.9 Å². The van der Waals surface area contributed by atoms with E-state index < -0.39 is 8.03 Å². The van der Waals surface area contributed by atoms with Crippen LogP contribution in [0, 0.1) is 0 Å². The Labute approximate surface area is 170 Å². The van der Waals surface area contributed by atoms with E-state index >= 15 is 0 Å². The SMILES string of the molecule is CCCCCCCCCOc1ccc(CC(N)CC[P+](=O)O)cc1OC1CC1. The fraction of sp³-hybridized carbons (Fsp3) is 0.727. The minimum Gasteiger partial charge on any atom is -0.490 e. The van der Waals surface area contributed by atoms with E-state index in [9.17, 15) is 4.57 Å². The van der Waals surface area contributed by atoms with Gasteiger partial charge >= 0.3 is 8.03 Å². The molecule has 6 heteroatoms. The van der Waals surface area contributed by atoms with Crippen molar-refractivity contribution in [2.24, 2.45) is 5.73 Å². The summed E-state index contributed by atoms with van der Waals surface area (Å²) in [5, 5.41) is 0. The molecule has 1 fully saturated rings. The van der Waals surface area contributed by atoms with Crippen LogP contribution in [0.2, 0.25) is 0 Å². The Bertz CT molecular complexity index is 592. The summed E-state index contributed by atoms with van der Waals surface area (Å²) in [6.45, 7) is 2.96. The van der Waals surface area contributed by atoms with Crippen LogP contribution in [-0.2, 0) is 11.0 Å². The van der Waals surface area contributed by atoms with Crippen LogP contribution in [0.25, 0.3) is 0 Å². The zero-order chi connectivity index (χ0) is 20.2. The van der Waals surface area contributed by atoms with E-state index in [1.165, 1.54) is 38.5 Å². The van der Waals surface area contributed by atoms with Crippen molar-refractivity contribution in [2.75, 3.05) is 12.8 Å². The number of nitrogens with two attached hydrogens (primary N) is 1. The molecule has 2 unspecified atom stereocenters. The second kappa shape index (κ2) is 13.1. The Morgan fingerprint density at radius 2 is 1.86 bits per heavy atom. The summed E-state index contributed by atoms with van der Waals surface area (Å²) < 4.78 is 22.9. The lowest BCUT2D eigenvalue weighted by molar-refractivity contribution is 0.255. The molecule has 1 aromatic carbocycles. The third-order valence-electron chi connectivity index (χ3n) is 5.02. The van der Waals surface area contributed by atoms with Crippen molar-refractivity contribution in [3.05, 3.63) is 23.8 Å². The maximum absolute atomic E-state index is 10.9. The first-order valence-corrected chi connectivity index (χ1v) is 12.3. The van der Waals surface area contributed by atoms with E-state index in [1.54, 1.807) is 0 Å². The molecule has 0 radical (unpaired) electrons. The Morgan fingerprint density at radius 3 is 2.54 bits per heavy atom. The second-order valence-electron chi connectivity index (χ2n) is 7.90. The largest absolute Gasteiger partial charge is 0.505 e. The van der Waals surface area contributed by atoms with E-state index in [0.717, 1.165) is 42.9 Å². The minimum atomic E-state index is -2.11. The number of unbranched alkanes of at least 4 members (excludes halogenated alkanes) is 6. The molecular weight excluding hydrogens is 373 g/mol. The minimum absolute atomic E-state index is 0.126. The first-order chi connectivity index (χ1) is 13.6. The average molecular weight is 411 g/mol. The van der Waals surface area contributed by atoms with Crippen molar-refractivity contribution in [2.45, 2.75) is 89.7 Å². The Balaban J connectivity index is 1.79. The highest BCUT2D eigenvalue weighted by Gasteiger charge is 2.25. The summed E-state index contributed by atoms with van der Waals surface area (Å²) in [5.41, 5.74) is 7.18. The molecule has 0 aromatic heterocycles. The van der Waals surface area contributed by atoms with Crippen LogP contribution in [0.4, 0.5) is 0 Å². The molecule has 1 aromatic rings. The molecule has 158 valence electrons. The number of benzene rings is 1. The van der Waals surface area contributed by atoms with Crippen LogP contribution in [-0.4, -0.2) is 29.8 Å². The lowest BCUT2D eigenvalue weighted by Crippen LogP contribution is -2.23. The van der Waals surface area contributed by atoms with Gasteiger partial charge in [0.05, 0.1) is 12.7 Å². The van der Waals surface area contributed by atoms with Crippen molar-refractivity contribution in [3.63, 3.8) is 0 Å². The number of hydrogen-bond donors (Lipinski definition) is 2. The van der Waals surface area contributed by atoms with Crippen LogP contribution in [0.3, 0.4) is 0 Å². The zero-order valence-electron chi connectivity index (χ0n) is 17.3. The zero-order valence-corrected chi connectivity index (χ0v) is 18.2. The van der Waals surface area contributed by atoms with Gasteiger partial charge in [0.25, 0.3) is 0 Å². The summed E-state index contributed by atoms with van der Waals surface area (Å²) in [5.74, 6) is 1.62. The number of hydrogen-bond acceptors (Lipinski definition) is 4. The highest BCUT2D eigenvalue weighted by Crippen LogP contribution is 2.35. The van der Waals surface area contributed by atoms with Gasteiger partial charge in [0.2, 0.25) is 0 Å². The van der Waals surface area contributed by atoms with Gasteiger partial charge in [-0.25, -0.2) is 0 Å². The smallest absolute Gasteiger partial charge is 0.490 e. The first-order valence-electron chi connectivity index (χ1n) is 10.9. The highest BCUT2D eigenvalue weighted by molar-refractivity contribution is 7.37. The van der Waals surface area contributed by atoms with Crippen molar-refractivity contribution in [3.8, 4) is 11.5 Å². The van der Waals surface area contributed by atoms with Crippen molar-refractivity contribution in [1.29, 1.82) is 0 Å². The van der Waals surface area contributed by atoms with Crippen LogP contribution >= 0.6 is 8.03 Å². The molecule has 5 nitrogen and oxygen atoms in total. The molecule has 0 amide bonds. The molecular formula is C22H37NO4P+. The van der Waals surface area contributed by atoms with Crippen molar-refractivity contribution in [1.82, 2.24) is 0 Å². The molecule has 2 rings (SSSR count). The molecule has 0 spiro atoms. The predicted molar refractivity (Wildman–Crippen MR) is 115 cm³/mol. The Hall–Kier alpha value is -1.16. The van der Waals surface area contributed by atoms with E-state index in [-0.39, 0.29) is 12.2 Å². The maximum atomic E-state index is 10.9. The van der Waals surface area contributed by atoms with Gasteiger partial charge in [-0.1, -0.05) is 51.5 Å². The molecule has 1 aliphatic carbocycles. The van der Waals surface area contributed by atoms with Gasteiger partial charge in [0.1, 0.15) is 0 Å². The van der Waals surface area contributed by atoms with E-state index in [0.29, 0.717) is 18.9 Å². The van der Waals surface area contributed by atoms with Crippen molar-refractivity contribution >= 4 is 8.03 Å². The summed E-state index contributed by atoms with van der Waals surface area (Å²) >= 11 is 0. The molecule has 1 aliphatic rings. The third kappa shape index (κ3) is 9.86. The second-order valence-corrected chi connectivity index (χ2v) is 9.05. The molecule has 0 aliphatic heterocycles. The van der Waals surface area contributed by atoms with Crippen molar-refractivity contribution < 1.29 is 18.9 Å². The monoisotopic (exact) mass is 410 g/mol. The quantitative estimate of drug-likeness (QED) is 0.283. The van der Waals surface area contributed by atoms with E-state index in [2.05, 4.69) is 6.92 Å². The van der Waals surface area contributed by atoms with E-state index in [4.69, 9.17) is 20.1 Å². The number of rotatable bonds is 16. The maximum Gasteiger partial charge on any atom is 0.505 e. The molecule has 0 heterocycles. The van der Waals surface area contributed by atoms with Crippen LogP contribution in [0.15, 0.2) is 18.2 Å². The molecule has 2 atom stereocenters. The fourth-order valence-corrected chi connectivity index (χ4v) is 3.73. The number of ether oxygens (including phenoxy) is 2. The summed E-state index contributed by atoms with van der Waals surface area (Å²) in [6, 6.07) is 5.91. The molecule has 0 bridgehead atoms. The van der Waals surface area contributed by atoms with Gasteiger partial charge < -0.3 is 15.2 Å². The van der Waals surface area contributed by atoms with Gasteiger partial charge in [0, 0.05) is 12.5 Å². The average Bonchev–Trinajstić information content (AvgIpc) is 3.48. The highest BCUT2D eigenvalue weighted by atomic mass is 31.1. The normalized spacial score (nSPS) is 15.3. The van der Waals surface area contributed by atoms with Gasteiger partial charge in [-0.3, -0.25) is 0 Å². The van der Waals surface area contributed by atoms with Crippen LogP contribution in [0.1, 0.15) is 76.7 Å². The molecule has 3 N–H and O–H groups in total. The summed E-state index contributed by atoms with van der Waals surface area (Å²) in [4.78, 5) is 8.95. The predicted octanol–water partition coefficient (Wildman–Crippen LogP) is 5.35. The van der Waals surface area contributed by atoms with Gasteiger partial charge in [-0.2, -0.15) is 4.89 Å². The topological polar surface area (TPSA) is 81.8 Å². The lowest BCUT2D eigenvalue weighted by atomic mass is 10.0. The Morgan fingerprint density at radius 1 is 1.14 bits per heavy atom. The first kappa shape index (κ1) is 23.1. The van der Waals surface area contributed by atoms with Gasteiger partial charge in [0.15, 0.2) is 17.7 Å². The third-order valence-corrected chi connectivity index (χ3v) is 5.66. The van der Waals surface area contributed by atoms with Gasteiger partial charge in [-0.15, -0.1) is 0 Å². The lowest BCUT2D eigenvalue weighted by Gasteiger charge is -2.15.